The van der Waals surface area contributed by atoms with Crippen LogP contribution in [0.4, 0.5) is 0 Å². The van der Waals surface area contributed by atoms with Gasteiger partial charge in [-0.3, -0.25) is 0 Å². The minimum atomic E-state index is 0.413. The number of nitrogens with zero attached hydrogens (tertiary/aromatic N) is 1. The molecule has 1 saturated heterocycles. The lowest BCUT2D eigenvalue weighted by Gasteiger charge is -2.39. The zero-order valence-electron chi connectivity index (χ0n) is 10.5. The van der Waals surface area contributed by atoms with Gasteiger partial charge in [0.15, 0.2) is 0 Å². The van der Waals surface area contributed by atoms with E-state index in [0.29, 0.717) is 12.1 Å². The monoisotopic (exact) mass is 242 g/mol. The van der Waals surface area contributed by atoms with Crippen molar-refractivity contribution in [3.05, 3.63) is 0 Å². The third-order valence-electron chi connectivity index (χ3n) is 4.33. The van der Waals surface area contributed by atoms with E-state index in [4.69, 9.17) is 5.73 Å². The number of likely N-dealkylation sites (N-methyl/N-ethyl adjacent to an activating group) is 1. The van der Waals surface area contributed by atoms with Crippen LogP contribution < -0.4 is 5.73 Å². The normalized spacial score (nSPS) is 32.2. The first-order valence-corrected chi connectivity index (χ1v) is 7.98. The second-order valence-corrected chi connectivity index (χ2v) is 6.60. The Kier molecular flexibility index (Phi) is 4.98. The summed E-state index contributed by atoms with van der Waals surface area (Å²) in [5.41, 5.74) is 6.53. The molecule has 0 aromatic rings. The van der Waals surface area contributed by atoms with Crippen molar-refractivity contribution < 1.29 is 0 Å². The topological polar surface area (TPSA) is 29.3 Å². The van der Waals surface area contributed by atoms with Gasteiger partial charge < -0.3 is 10.6 Å². The maximum Gasteiger partial charge on any atom is 0.0337 e. The van der Waals surface area contributed by atoms with Crippen LogP contribution in [0.1, 0.15) is 38.5 Å². The SMILES string of the molecule is CN1CCSCC1C(N)C1CCCCCC1. The predicted octanol–water partition coefficient (Wildman–Crippen LogP) is 2.33. The Balaban J connectivity index is 1.90. The minimum Gasteiger partial charge on any atom is -0.326 e. The van der Waals surface area contributed by atoms with Crippen LogP contribution in [0.3, 0.4) is 0 Å². The number of rotatable bonds is 2. The molecule has 0 radical (unpaired) electrons. The van der Waals surface area contributed by atoms with Crippen molar-refractivity contribution in [2.24, 2.45) is 11.7 Å². The van der Waals surface area contributed by atoms with Crippen LogP contribution in [0, 0.1) is 5.92 Å². The largest absolute Gasteiger partial charge is 0.326 e. The van der Waals surface area contributed by atoms with Crippen LogP contribution in [-0.2, 0) is 0 Å². The molecule has 1 heterocycles. The molecule has 16 heavy (non-hydrogen) atoms. The van der Waals surface area contributed by atoms with Crippen molar-refractivity contribution in [1.29, 1.82) is 0 Å². The van der Waals surface area contributed by atoms with Gasteiger partial charge in [-0.25, -0.2) is 0 Å². The maximum absolute atomic E-state index is 6.53. The first-order chi connectivity index (χ1) is 7.79. The van der Waals surface area contributed by atoms with Gasteiger partial charge in [-0.15, -0.1) is 0 Å². The van der Waals surface area contributed by atoms with E-state index < -0.39 is 0 Å². The molecule has 2 rings (SSSR count). The number of hydrogen-bond donors (Lipinski definition) is 1. The first-order valence-electron chi connectivity index (χ1n) is 6.82. The fourth-order valence-corrected chi connectivity index (χ4v) is 4.42. The molecule has 2 atom stereocenters. The summed E-state index contributed by atoms with van der Waals surface area (Å²) in [6, 6.07) is 1.04. The van der Waals surface area contributed by atoms with Crippen molar-refractivity contribution in [2.75, 3.05) is 25.1 Å². The van der Waals surface area contributed by atoms with E-state index >= 15 is 0 Å². The smallest absolute Gasteiger partial charge is 0.0337 e. The highest BCUT2D eigenvalue weighted by Gasteiger charge is 2.31. The zero-order chi connectivity index (χ0) is 11.4. The zero-order valence-corrected chi connectivity index (χ0v) is 11.3. The second-order valence-electron chi connectivity index (χ2n) is 5.45. The summed E-state index contributed by atoms with van der Waals surface area (Å²) in [4.78, 5) is 2.49. The molecule has 3 heteroatoms. The molecular weight excluding hydrogens is 216 g/mol. The summed E-state index contributed by atoms with van der Waals surface area (Å²) >= 11 is 2.08. The lowest BCUT2D eigenvalue weighted by atomic mass is 9.88. The molecule has 2 fully saturated rings. The Morgan fingerprint density at radius 1 is 1.19 bits per heavy atom. The highest BCUT2D eigenvalue weighted by atomic mass is 32.2. The second kappa shape index (κ2) is 6.27. The average Bonchev–Trinajstić information content (AvgIpc) is 2.57. The maximum atomic E-state index is 6.53. The van der Waals surface area contributed by atoms with Gasteiger partial charge in [-0.1, -0.05) is 25.7 Å². The summed E-state index contributed by atoms with van der Waals surface area (Å²) in [7, 11) is 2.25. The number of hydrogen-bond acceptors (Lipinski definition) is 3. The molecule has 2 nitrogen and oxygen atoms in total. The van der Waals surface area contributed by atoms with E-state index in [1.54, 1.807) is 0 Å². The number of nitrogens with two attached hydrogens (primary N) is 1. The highest BCUT2D eigenvalue weighted by molar-refractivity contribution is 7.99. The van der Waals surface area contributed by atoms with Gasteiger partial charge in [0.2, 0.25) is 0 Å². The quantitative estimate of drug-likeness (QED) is 0.754. The molecule has 0 spiro atoms. The van der Waals surface area contributed by atoms with Gasteiger partial charge in [0.05, 0.1) is 0 Å². The lowest BCUT2D eigenvalue weighted by Crippen LogP contribution is -2.53. The number of thioether (sulfide) groups is 1. The van der Waals surface area contributed by atoms with Crippen molar-refractivity contribution in [3.63, 3.8) is 0 Å². The first kappa shape index (κ1) is 12.7. The third-order valence-corrected chi connectivity index (χ3v) is 5.38. The van der Waals surface area contributed by atoms with Gasteiger partial charge >= 0.3 is 0 Å². The summed E-state index contributed by atoms with van der Waals surface area (Å²) < 4.78 is 0. The fraction of sp³-hybridized carbons (Fsp3) is 1.00. The Hall–Kier alpha value is 0.270. The van der Waals surface area contributed by atoms with Crippen molar-refractivity contribution in [2.45, 2.75) is 50.6 Å². The van der Waals surface area contributed by atoms with Crippen LogP contribution in [0.5, 0.6) is 0 Å². The van der Waals surface area contributed by atoms with Gasteiger partial charge in [0.25, 0.3) is 0 Å². The summed E-state index contributed by atoms with van der Waals surface area (Å²) in [6.45, 7) is 1.22. The van der Waals surface area contributed by atoms with Crippen molar-refractivity contribution in [1.82, 2.24) is 4.90 Å². The Morgan fingerprint density at radius 3 is 2.50 bits per heavy atom. The van der Waals surface area contributed by atoms with E-state index in [9.17, 15) is 0 Å². The predicted molar refractivity (Wildman–Crippen MR) is 72.9 cm³/mol. The Labute approximate surface area is 104 Å². The van der Waals surface area contributed by atoms with Gasteiger partial charge in [-0.2, -0.15) is 11.8 Å². The molecule has 2 aliphatic rings. The summed E-state index contributed by atoms with van der Waals surface area (Å²) in [6.07, 6.45) is 8.41. The molecule has 94 valence electrons. The molecule has 0 bridgehead atoms. The van der Waals surface area contributed by atoms with Gasteiger partial charge in [0.1, 0.15) is 0 Å². The van der Waals surface area contributed by atoms with Crippen molar-refractivity contribution >= 4 is 11.8 Å². The van der Waals surface area contributed by atoms with E-state index in [-0.39, 0.29) is 0 Å². The van der Waals surface area contributed by atoms with Crippen LogP contribution >= 0.6 is 11.8 Å². The lowest BCUT2D eigenvalue weighted by molar-refractivity contribution is 0.190. The molecule has 0 amide bonds. The Morgan fingerprint density at radius 2 is 1.88 bits per heavy atom. The van der Waals surface area contributed by atoms with Gasteiger partial charge in [-0.05, 0) is 25.8 Å². The molecule has 1 saturated carbocycles. The standard InChI is InChI=1S/C13H26N2S/c1-15-8-9-16-10-12(15)13(14)11-6-4-2-3-5-7-11/h11-13H,2-10,14H2,1H3. The summed E-state index contributed by atoms with van der Waals surface area (Å²) in [5.74, 6) is 3.31. The minimum absolute atomic E-state index is 0.413. The van der Waals surface area contributed by atoms with E-state index in [1.807, 2.05) is 0 Å². The van der Waals surface area contributed by atoms with E-state index in [2.05, 4.69) is 23.7 Å². The van der Waals surface area contributed by atoms with E-state index in [1.165, 1.54) is 56.6 Å². The highest BCUT2D eigenvalue weighted by Crippen LogP contribution is 2.29. The molecule has 2 unspecified atom stereocenters. The molecule has 2 N–H and O–H groups in total. The van der Waals surface area contributed by atoms with Gasteiger partial charge in [0, 0.05) is 30.1 Å². The third kappa shape index (κ3) is 3.14. The molecule has 0 aromatic heterocycles. The molecule has 1 aliphatic heterocycles. The molecular formula is C13H26N2S. The molecule has 1 aliphatic carbocycles. The van der Waals surface area contributed by atoms with Crippen molar-refractivity contribution in [3.8, 4) is 0 Å². The van der Waals surface area contributed by atoms with Crippen LogP contribution in [0.15, 0.2) is 0 Å². The fourth-order valence-electron chi connectivity index (χ4n) is 3.12. The molecule has 0 aromatic carbocycles. The summed E-state index contributed by atoms with van der Waals surface area (Å²) in [5, 5.41) is 0. The van der Waals surface area contributed by atoms with Crippen LogP contribution in [-0.4, -0.2) is 42.1 Å². The average molecular weight is 242 g/mol. The van der Waals surface area contributed by atoms with Crippen LogP contribution in [0.25, 0.3) is 0 Å². The van der Waals surface area contributed by atoms with E-state index in [0.717, 1.165) is 5.92 Å². The Bertz CT molecular complexity index is 202. The van der Waals surface area contributed by atoms with Crippen LogP contribution in [0.2, 0.25) is 0 Å².